The van der Waals surface area contributed by atoms with Gasteiger partial charge in [-0.05, 0) is 32.0 Å². The maximum absolute atomic E-state index is 12.8. The van der Waals surface area contributed by atoms with Gasteiger partial charge < -0.3 is 15.4 Å². The Kier molecular flexibility index (Phi) is 6.83. The van der Waals surface area contributed by atoms with Crippen molar-refractivity contribution < 1.29 is 27.5 Å². The molecule has 150 valence electrons. The molecule has 2 amide bonds. The normalized spacial score (nSPS) is 16.0. The van der Waals surface area contributed by atoms with E-state index in [0.717, 1.165) is 25.2 Å². The number of amides is 2. The van der Waals surface area contributed by atoms with E-state index in [1.807, 2.05) is 0 Å². The van der Waals surface area contributed by atoms with Crippen LogP contribution in [0.1, 0.15) is 19.4 Å². The SMILES string of the molecule is CC(C)(C(=O)NCCN1CCOCC1)C(=O)Nc1cccc(C(F)(F)F)c1. The molecule has 0 radical (unpaired) electrons. The third kappa shape index (κ3) is 5.93. The molecule has 1 aliphatic heterocycles. The number of carbonyl (C=O) groups excluding carboxylic acids is 2. The molecule has 1 aromatic carbocycles. The van der Waals surface area contributed by atoms with Gasteiger partial charge in [-0.25, -0.2) is 0 Å². The molecule has 0 saturated carbocycles. The number of benzene rings is 1. The Hall–Kier alpha value is -2.13. The molecule has 0 unspecified atom stereocenters. The van der Waals surface area contributed by atoms with E-state index in [-0.39, 0.29) is 5.69 Å². The van der Waals surface area contributed by atoms with Crippen molar-refractivity contribution in [1.82, 2.24) is 10.2 Å². The maximum Gasteiger partial charge on any atom is 0.416 e. The fourth-order valence-corrected chi connectivity index (χ4v) is 2.54. The van der Waals surface area contributed by atoms with E-state index >= 15 is 0 Å². The van der Waals surface area contributed by atoms with Crippen LogP contribution in [0.3, 0.4) is 0 Å². The number of hydrogen-bond donors (Lipinski definition) is 2. The third-order valence-electron chi connectivity index (χ3n) is 4.40. The van der Waals surface area contributed by atoms with Crippen molar-refractivity contribution in [2.75, 3.05) is 44.7 Å². The van der Waals surface area contributed by atoms with E-state index in [0.29, 0.717) is 26.3 Å². The third-order valence-corrected chi connectivity index (χ3v) is 4.40. The Morgan fingerprint density at radius 1 is 1.15 bits per heavy atom. The van der Waals surface area contributed by atoms with Crippen LogP contribution in [0.2, 0.25) is 0 Å². The molecule has 0 aliphatic carbocycles. The summed E-state index contributed by atoms with van der Waals surface area (Å²) in [6.07, 6.45) is -4.51. The van der Waals surface area contributed by atoms with Gasteiger partial charge in [-0.15, -0.1) is 0 Å². The minimum absolute atomic E-state index is 0.0102. The van der Waals surface area contributed by atoms with Crippen LogP contribution in [0.25, 0.3) is 0 Å². The number of carbonyl (C=O) groups is 2. The maximum atomic E-state index is 12.8. The smallest absolute Gasteiger partial charge is 0.379 e. The van der Waals surface area contributed by atoms with Gasteiger partial charge in [0, 0.05) is 31.9 Å². The van der Waals surface area contributed by atoms with Crippen LogP contribution in [0.4, 0.5) is 18.9 Å². The van der Waals surface area contributed by atoms with Crippen molar-refractivity contribution in [2.24, 2.45) is 5.41 Å². The molecule has 0 spiro atoms. The number of alkyl halides is 3. The summed E-state index contributed by atoms with van der Waals surface area (Å²) in [5, 5.41) is 5.10. The molecule has 0 aromatic heterocycles. The lowest BCUT2D eigenvalue weighted by atomic mass is 9.91. The Bertz CT molecular complexity index is 671. The summed E-state index contributed by atoms with van der Waals surface area (Å²) in [6, 6.07) is 4.30. The molecule has 1 aliphatic rings. The fraction of sp³-hybridized carbons (Fsp3) is 0.556. The zero-order chi connectivity index (χ0) is 20.1. The van der Waals surface area contributed by atoms with Crippen molar-refractivity contribution in [2.45, 2.75) is 20.0 Å². The van der Waals surface area contributed by atoms with E-state index in [9.17, 15) is 22.8 Å². The van der Waals surface area contributed by atoms with Crippen LogP contribution >= 0.6 is 0 Å². The van der Waals surface area contributed by atoms with Gasteiger partial charge in [-0.3, -0.25) is 14.5 Å². The topological polar surface area (TPSA) is 70.7 Å². The number of morpholine rings is 1. The van der Waals surface area contributed by atoms with Gasteiger partial charge in [0.15, 0.2) is 0 Å². The first-order valence-electron chi connectivity index (χ1n) is 8.68. The molecule has 9 heteroatoms. The Morgan fingerprint density at radius 3 is 2.44 bits per heavy atom. The molecular weight excluding hydrogens is 363 g/mol. The van der Waals surface area contributed by atoms with Gasteiger partial charge in [0.25, 0.3) is 0 Å². The second-order valence-corrected chi connectivity index (χ2v) is 6.87. The first kappa shape index (κ1) is 21.2. The zero-order valence-corrected chi connectivity index (χ0v) is 15.4. The first-order valence-corrected chi connectivity index (χ1v) is 8.68. The first-order chi connectivity index (χ1) is 12.6. The minimum atomic E-state index is -4.51. The molecule has 1 saturated heterocycles. The molecule has 6 nitrogen and oxygen atoms in total. The number of hydrogen-bond acceptors (Lipinski definition) is 4. The Labute approximate surface area is 156 Å². The van der Waals surface area contributed by atoms with E-state index in [2.05, 4.69) is 15.5 Å². The zero-order valence-electron chi connectivity index (χ0n) is 15.4. The lowest BCUT2D eigenvalue weighted by Crippen LogP contribution is -2.48. The largest absolute Gasteiger partial charge is 0.416 e. The predicted molar refractivity (Wildman–Crippen MR) is 94.1 cm³/mol. The average Bonchev–Trinajstić information content (AvgIpc) is 2.62. The average molecular weight is 387 g/mol. The number of ether oxygens (including phenoxy) is 1. The molecule has 1 fully saturated rings. The summed E-state index contributed by atoms with van der Waals surface area (Å²) >= 11 is 0. The van der Waals surface area contributed by atoms with Crippen LogP contribution in [-0.4, -0.2) is 56.1 Å². The molecule has 0 bridgehead atoms. The summed E-state index contributed by atoms with van der Waals surface area (Å²) in [4.78, 5) is 26.9. The predicted octanol–water partition coefficient (Wildman–Crippen LogP) is 2.12. The molecular formula is C18H24F3N3O3. The molecule has 2 N–H and O–H groups in total. The fourth-order valence-electron chi connectivity index (χ4n) is 2.54. The summed E-state index contributed by atoms with van der Waals surface area (Å²) in [5.74, 6) is -1.16. The van der Waals surface area contributed by atoms with E-state index in [1.165, 1.54) is 26.0 Å². The number of nitrogens with one attached hydrogen (secondary N) is 2. The molecule has 0 atom stereocenters. The van der Waals surface area contributed by atoms with E-state index < -0.39 is 29.0 Å². The highest BCUT2D eigenvalue weighted by atomic mass is 19.4. The van der Waals surface area contributed by atoms with Crippen molar-refractivity contribution in [1.29, 1.82) is 0 Å². The summed E-state index contributed by atoms with van der Waals surface area (Å²) in [6.45, 7) is 6.75. The highest BCUT2D eigenvalue weighted by Gasteiger charge is 2.36. The summed E-state index contributed by atoms with van der Waals surface area (Å²) in [5.41, 5.74) is -2.31. The molecule has 27 heavy (non-hydrogen) atoms. The lowest BCUT2D eigenvalue weighted by Gasteiger charge is -2.27. The minimum Gasteiger partial charge on any atom is -0.379 e. The standard InChI is InChI=1S/C18H24F3N3O3/c1-17(2,15(25)22-6-7-24-8-10-27-11-9-24)16(26)23-14-5-3-4-13(12-14)18(19,20)21/h3-5,12H,6-11H2,1-2H3,(H,22,25)(H,23,26). The van der Waals surface area contributed by atoms with Gasteiger partial charge in [-0.1, -0.05) is 6.07 Å². The van der Waals surface area contributed by atoms with Crippen molar-refractivity contribution >= 4 is 17.5 Å². The molecule has 2 rings (SSSR count). The van der Waals surface area contributed by atoms with E-state index in [4.69, 9.17) is 4.74 Å². The van der Waals surface area contributed by atoms with E-state index in [1.54, 1.807) is 0 Å². The second kappa shape index (κ2) is 8.71. The van der Waals surface area contributed by atoms with Gasteiger partial charge in [0.1, 0.15) is 5.41 Å². The quantitative estimate of drug-likeness (QED) is 0.734. The summed E-state index contributed by atoms with van der Waals surface area (Å²) in [7, 11) is 0. The van der Waals surface area contributed by atoms with Crippen molar-refractivity contribution in [3.05, 3.63) is 29.8 Å². The van der Waals surface area contributed by atoms with Gasteiger partial charge in [0.05, 0.1) is 18.8 Å². The number of nitrogens with zero attached hydrogens (tertiary/aromatic N) is 1. The summed E-state index contributed by atoms with van der Waals surface area (Å²) < 4.78 is 43.6. The Morgan fingerprint density at radius 2 is 1.81 bits per heavy atom. The Balaban J connectivity index is 1.90. The van der Waals surface area contributed by atoms with Crippen LogP contribution in [0.15, 0.2) is 24.3 Å². The second-order valence-electron chi connectivity index (χ2n) is 6.87. The van der Waals surface area contributed by atoms with Crippen LogP contribution in [0, 0.1) is 5.41 Å². The van der Waals surface area contributed by atoms with Gasteiger partial charge in [-0.2, -0.15) is 13.2 Å². The van der Waals surface area contributed by atoms with Crippen LogP contribution < -0.4 is 10.6 Å². The van der Waals surface area contributed by atoms with Gasteiger partial charge in [0.2, 0.25) is 11.8 Å². The molecule has 1 aromatic rings. The van der Waals surface area contributed by atoms with Crippen LogP contribution in [0.5, 0.6) is 0 Å². The monoisotopic (exact) mass is 387 g/mol. The number of halogens is 3. The van der Waals surface area contributed by atoms with Gasteiger partial charge >= 0.3 is 6.18 Å². The molecule has 1 heterocycles. The highest BCUT2D eigenvalue weighted by Crippen LogP contribution is 2.31. The number of anilines is 1. The van der Waals surface area contributed by atoms with Crippen molar-refractivity contribution in [3.63, 3.8) is 0 Å². The highest BCUT2D eigenvalue weighted by molar-refractivity contribution is 6.09. The lowest BCUT2D eigenvalue weighted by molar-refractivity contribution is -0.139. The van der Waals surface area contributed by atoms with Crippen molar-refractivity contribution in [3.8, 4) is 0 Å². The number of rotatable bonds is 6. The van der Waals surface area contributed by atoms with Crippen LogP contribution in [-0.2, 0) is 20.5 Å².